The van der Waals surface area contributed by atoms with E-state index in [9.17, 15) is 32.4 Å². The van der Waals surface area contributed by atoms with E-state index in [2.05, 4.69) is 21.3 Å². The van der Waals surface area contributed by atoms with Gasteiger partial charge >= 0.3 is 6.18 Å². The highest BCUT2D eigenvalue weighted by Crippen LogP contribution is 2.36. The molecule has 0 bridgehead atoms. The minimum absolute atomic E-state index is 0.0954. The zero-order valence-corrected chi connectivity index (χ0v) is 22.1. The molecular formula is C28H24F4N8O2. The molecule has 14 heteroatoms. The van der Waals surface area contributed by atoms with Crippen LogP contribution in [0.4, 0.5) is 23.5 Å². The maximum atomic E-state index is 14.5. The van der Waals surface area contributed by atoms with E-state index in [4.69, 9.17) is 0 Å². The van der Waals surface area contributed by atoms with Gasteiger partial charge in [-0.15, -0.1) is 5.10 Å². The molecule has 2 amide bonds. The second-order valence-corrected chi connectivity index (χ2v) is 10.6. The van der Waals surface area contributed by atoms with Gasteiger partial charge in [-0.25, -0.2) is 8.91 Å². The first-order valence-corrected chi connectivity index (χ1v) is 13.3. The van der Waals surface area contributed by atoms with Gasteiger partial charge in [0.1, 0.15) is 5.82 Å². The van der Waals surface area contributed by atoms with Crippen LogP contribution in [-0.2, 0) is 16.5 Å². The summed E-state index contributed by atoms with van der Waals surface area (Å²) in [5.41, 5.74) is -0.437. The van der Waals surface area contributed by atoms with Gasteiger partial charge < -0.3 is 4.90 Å². The molecule has 1 saturated carbocycles. The molecule has 216 valence electrons. The molecule has 1 saturated heterocycles. The molecule has 6 rings (SSSR count). The highest BCUT2D eigenvalue weighted by molar-refractivity contribution is 5.94. The topological polar surface area (TPSA) is 112 Å². The Labute approximate surface area is 236 Å². The van der Waals surface area contributed by atoms with Crippen molar-refractivity contribution in [1.82, 2.24) is 29.3 Å². The number of nitriles is 1. The van der Waals surface area contributed by atoms with E-state index >= 15 is 0 Å². The number of hydrogen-bond acceptors (Lipinski definition) is 6. The van der Waals surface area contributed by atoms with E-state index < -0.39 is 34.6 Å². The lowest BCUT2D eigenvalue weighted by molar-refractivity contribution is -0.137. The van der Waals surface area contributed by atoms with Crippen molar-refractivity contribution in [3.63, 3.8) is 0 Å². The number of amides is 2. The summed E-state index contributed by atoms with van der Waals surface area (Å²) in [5.74, 6) is -1.63. The molecule has 2 fully saturated rings. The van der Waals surface area contributed by atoms with Gasteiger partial charge in [-0.1, -0.05) is 6.07 Å². The predicted octanol–water partition coefficient (Wildman–Crippen LogP) is 4.42. The van der Waals surface area contributed by atoms with Crippen molar-refractivity contribution in [2.75, 3.05) is 18.0 Å². The van der Waals surface area contributed by atoms with Gasteiger partial charge in [0.15, 0.2) is 5.65 Å². The number of anilines is 1. The number of aromatic nitrogens is 5. The lowest BCUT2D eigenvalue weighted by atomic mass is 9.84. The maximum Gasteiger partial charge on any atom is 0.416 e. The van der Waals surface area contributed by atoms with Crippen molar-refractivity contribution in [3.05, 3.63) is 65.7 Å². The van der Waals surface area contributed by atoms with E-state index in [1.165, 1.54) is 9.80 Å². The molecular weight excluding hydrogens is 556 g/mol. The molecule has 0 spiro atoms. The molecule has 10 nitrogen and oxygen atoms in total. The Kier molecular flexibility index (Phi) is 6.67. The third kappa shape index (κ3) is 4.84. The van der Waals surface area contributed by atoms with Gasteiger partial charge in [-0.05, 0) is 56.0 Å². The van der Waals surface area contributed by atoms with Crippen LogP contribution >= 0.6 is 0 Å². The summed E-state index contributed by atoms with van der Waals surface area (Å²) >= 11 is 0. The second kappa shape index (κ2) is 10.2. The molecule has 0 atom stereocenters. The Bertz CT molecular complexity index is 1710. The van der Waals surface area contributed by atoms with Gasteiger partial charge in [0.25, 0.3) is 11.9 Å². The van der Waals surface area contributed by atoms with E-state index in [-0.39, 0.29) is 25.6 Å². The second-order valence-electron chi connectivity index (χ2n) is 10.6. The molecule has 1 aliphatic heterocycles. The monoisotopic (exact) mass is 580 g/mol. The van der Waals surface area contributed by atoms with Crippen LogP contribution in [0.25, 0.3) is 16.9 Å². The number of carbonyl (C=O) groups excluding carboxylic acids is 2. The smallest absolute Gasteiger partial charge is 0.338 e. The molecule has 4 aromatic rings. The van der Waals surface area contributed by atoms with Crippen molar-refractivity contribution in [1.29, 1.82) is 5.26 Å². The summed E-state index contributed by atoms with van der Waals surface area (Å²) in [7, 11) is 0. The molecule has 2 aliphatic rings. The first kappa shape index (κ1) is 27.4. The summed E-state index contributed by atoms with van der Waals surface area (Å²) in [6.45, 7) is 0.307. The normalized spacial score (nSPS) is 16.8. The van der Waals surface area contributed by atoms with Crippen LogP contribution in [0, 0.1) is 17.1 Å². The number of benzene rings is 1. The Morgan fingerprint density at radius 1 is 1.19 bits per heavy atom. The molecule has 0 N–H and O–H groups in total. The van der Waals surface area contributed by atoms with Crippen molar-refractivity contribution < 1.29 is 27.2 Å². The van der Waals surface area contributed by atoms with E-state index in [0.717, 1.165) is 25.3 Å². The van der Waals surface area contributed by atoms with Gasteiger partial charge in [0.05, 0.1) is 41.0 Å². The largest absolute Gasteiger partial charge is 0.416 e. The molecule has 0 unspecified atom stereocenters. The number of piperidine rings is 1. The number of halogens is 4. The first-order chi connectivity index (χ1) is 20.1. The van der Waals surface area contributed by atoms with E-state index in [1.54, 1.807) is 27.7 Å². The lowest BCUT2D eigenvalue weighted by Crippen LogP contribution is -2.48. The maximum absolute atomic E-state index is 14.5. The Morgan fingerprint density at radius 2 is 1.95 bits per heavy atom. The van der Waals surface area contributed by atoms with E-state index in [0.29, 0.717) is 47.8 Å². The lowest BCUT2D eigenvalue weighted by Gasteiger charge is -2.40. The summed E-state index contributed by atoms with van der Waals surface area (Å²) in [6, 6.07) is 9.61. The fraction of sp³-hybridized carbons (Fsp3) is 0.357. The van der Waals surface area contributed by atoms with Crippen LogP contribution in [0.1, 0.15) is 48.0 Å². The minimum Gasteiger partial charge on any atom is -0.338 e. The Balaban J connectivity index is 1.23. The van der Waals surface area contributed by atoms with Crippen LogP contribution in [0.3, 0.4) is 0 Å². The fourth-order valence-electron chi connectivity index (χ4n) is 5.38. The van der Waals surface area contributed by atoms with Gasteiger partial charge in [-0.2, -0.15) is 28.5 Å². The van der Waals surface area contributed by atoms with Crippen molar-refractivity contribution >= 4 is 23.9 Å². The summed E-state index contributed by atoms with van der Waals surface area (Å²) in [5, 5.41) is 18.8. The number of pyridine rings is 1. The quantitative estimate of drug-likeness (QED) is 0.236. The average Bonchev–Trinajstić information content (AvgIpc) is 3.49. The molecule has 1 aromatic carbocycles. The van der Waals surface area contributed by atoms with Crippen LogP contribution in [0.5, 0.6) is 0 Å². The number of fused-ring (bicyclic) bond motifs is 1. The summed E-state index contributed by atoms with van der Waals surface area (Å²) in [4.78, 5) is 32.0. The van der Waals surface area contributed by atoms with Crippen molar-refractivity contribution in [2.24, 2.45) is 0 Å². The van der Waals surface area contributed by atoms with Gasteiger partial charge in [0.2, 0.25) is 6.41 Å². The number of alkyl halides is 3. The number of likely N-dealkylation sites (tertiary alicyclic amines) is 1. The highest BCUT2D eigenvalue weighted by atomic mass is 19.4. The zero-order valence-electron chi connectivity index (χ0n) is 22.1. The molecule has 1 aliphatic carbocycles. The number of nitrogens with zero attached hydrogens (tertiary/aromatic N) is 8. The number of hydrogen-bond donors (Lipinski definition) is 0. The fourth-order valence-corrected chi connectivity index (χ4v) is 5.38. The first-order valence-electron chi connectivity index (χ1n) is 13.3. The minimum atomic E-state index is -4.72. The van der Waals surface area contributed by atoms with Crippen LogP contribution in [-0.4, -0.2) is 60.7 Å². The SMILES string of the molecule is N#CCC1(n2cc(-c3cccc4nc(N(C=O)C5CC5)nn34)cn2)CCN(C(=O)c2ccc(C(F)(F)F)cc2F)CC1. The molecule has 0 radical (unpaired) electrons. The third-order valence-electron chi connectivity index (χ3n) is 7.91. The molecule has 3 aromatic heterocycles. The van der Waals surface area contributed by atoms with Crippen LogP contribution in [0.15, 0.2) is 48.8 Å². The van der Waals surface area contributed by atoms with Crippen molar-refractivity contribution in [2.45, 2.75) is 49.9 Å². The van der Waals surface area contributed by atoms with Crippen LogP contribution < -0.4 is 4.90 Å². The van der Waals surface area contributed by atoms with Crippen LogP contribution in [0.2, 0.25) is 0 Å². The third-order valence-corrected chi connectivity index (χ3v) is 7.91. The number of carbonyl (C=O) groups is 2. The summed E-state index contributed by atoms with van der Waals surface area (Å²) in [6.07, 6.45) is 1.99. The molecule has 4 heterocycles. The van der Waals surface area contributed by atoms with Gasteiger partial charge in [0, 0.05) is 30.9 Å². The molecule has 42 heavy (non-hydrogen) atoms. The Morgan fingerprint density at radius 3 is 2.60 bits per heavy atom. The zero-order chi connectivity index (χ0) is 29.6. The standard InChI is InChI=1S/C28H24F4N8O2/c29-22-14-19(28(30,31)32)4-7-21(22)25(42)37-12-9-27(8-11-33,10-13-37)39-16-18(15-34-39)23-2-1-3-24-35-26(36-40(23)24)38(17-41)20-5-6-20/h1-4,7,14-17,20H,5-6,8-10,12-13H2. The van der Waals surface area contributed by atoms with Crippen molar-refractivity contribution in [3.8, 4) is 17.3 Å². The average molecular weight is 581 g/mol. The summed E-state index contributed by atoms with van der Waals surface area (Å²) < 4.78 is 56.6. The van der Waals surface area contributed by atoms with E-state index in [1.807, 2.05) is 12.1 Å². The number of rotatable bonds is 7. The highest BCUT2D eigenvalue weighted by Gasteiger charge is 2.40. The Hall–Kier alpha value is -4.80. The van der Waals surface area contributed by atoms with Gasteiger partial charge in [-0.3, -0.25) is 19.2 Å². The predicted molar refractivity (Wildman–Crippen MR) is 141 cm³/mol.